The molecule has 0 saturated carbocycles. The van der Waals surface area contributed by atoms with Crippen LogP contribution in [0, 0.1) is 0 Å². The summed E-state index contributed by atoms with van der Waals surface area (Å²) in [6, 6.07) is 10.5. The number of Topliss-reactive ketones (excluding diaryl/α,β-unsaturated/α-hetero) is 1. The van der Waals surface area contributed by atoms with E-state index in [1.54, 1.807) is 24.3 Å². The van der Waals surface area contributed by atoms with E-state index in [9.17, 15) is 33.3 Å². The zero-order chi connectivity index (χ0) is 28.0. The number of nitrogens with one attached hydrogen (secondary N) is 2. The Morgan fingerprint density at radius 1 is 1.21 bits per heavy atom. The van der Waals surface area contributed by atoms with E-state index in [2.05, 4.69) is 9.55 Å². The average Bonchev–Trinajstić information content (AvgIpc) is 2.83. The van der Waals surface area contributed by atoms with Crippen LogP contribution in [0.4, 0.5) is 5.69 Å². The molecule has 0 spiro atoms. The van der Waals surface area contributed by atoms with Crippen molar-refractivity contribution >= 4 is 45.1 Å². The number of rotatable bonds is 7. The van der Waals surface area contributed by atoms with Crippen molar-refractivity contribution in [2.24, 2.45) is 0 Å². The van der Waals surface area contributed by atoms with Crippen LogP contribution in [0.25, 0.3) is 5.76 Å². The first-order valence-electron chi connectivity index (χ1n) is 11.5. The van der Waals surface area contributed by atoms with Gasteiger partial charge in [0.1, 0.15) is 5.70 Å². The Hall–Kier alpha value is -3.14. The molecule has 4 rings (SSSR count). The van der Waals surface area contributed by atoms with E-state index < -0.39 is 44.6 Å². The van der Waals surface area contributed by atoms with Crippen molar-refractivity contribution in [3.8, 4) is 0 Å². The lowest BCUT2D eigenvalue weighted by atomic mass is 9.73. The summed E-state index contributed by atoms with van der Waals surface area (Å²) in [6.45, 7) is 3.06. The van der Waals surface area contributed by atoms with E-state index in [0.717, 1.165) is 28.3 Å². The Bertz CT molecular complexity index is 1440. The summed E-state index contributed by atoms with van der Waals surface area (Å²) in [5.74, 6) is -4.77. The minimum atomic E-state index is -3.58. The fourth-order valence-electron chi connectivity index (χ4n) is 4.92. The number of benzene rings is 2. The van der Waals surface area contributed by atoms with Crippen LogP contribution >= 0.6 is 11.9 Å². The quantitative estimate of drug-likeness (QED) is 0.189. The van der Waals surface area contributed by atoms with Gasteiger partial charge >= 0.3 is 0 Å². The molecular weight excluding hydrogens is 536 g/mol. The van der Waals surface area contributed by atoms with E-state index in [4.69, 9.17) is 4.84 Å². The fourth-order valence-corrected chi connectivity index (χ4v) is 6.38. The molecule has 0 radical (unpaired) electrons. The summed E-state index contributed by atoms with van der Waals surface area (Å²) in [4.78, 5) is 35.4. The highest BCUT2D eigenvalue weighted by molar-refractivity contribution is 7.97. The Morgan fingerprint density at radius 2 is 1.89 bits per heavy atom. The van der Waals surface area contributed by atoms with Gasteiger partial charge in [-0.25, -0.2) is 18.5 Å². The molecule has 14 heteroatoms. The summed E-state index contributed by atoms with van der Waals surface area (Å²) in [5.41, 5.74) is -1.58. The average molecular weight is 565 g/mol. The molecule has 204 valence electrons. The summed E-state index contributed by atoms with van der Waals surface area (Å²) in [5, 5.41) is 35.6. The monoisotopic (exact) mass is 564 g/mol. The highest BCUT2D eigenvalue weighted by atomic mass is 32.2. The SMILES string of the molecule is CCCC1(N(OC)C(C)=O)C(=O)C(N2NSc3cc(NS(C)(=O)=O)ccc3C2(O)O)=C(O)c2ccccc21. The lowest BCUT2D eigenvalue weighted by Crippen LogP contribution is -2.61. The number of aliphatic hydroxyl groups is 3. The molecule has 12 nitrogen and oxygen atoms in total. The number of hydrazine groups is 1. The van der Waals surface area contributed by atoms with Crippen LogP contribution in [0.2, 0.25) is 0 Å². The number of anilines is 1. The number of fused-ring (bicyclic) bond motifs is 2. The molecule has 1 aliphatic carbocycles. The Morgan fingerprint density at radius 3 is 2.50 bits per heavy atom. The lowest BCUT2D eigenvalue weighted by Gasteiger charge is -2.48. The Labute approximate surface area is 224 Å². The number of aliphatic hydroxyl groups excluding tert-OH is 1. The van der Waals surface area contributed by atoms with Crippen molar-refractivity contribution in [3.05, 3.63) is 64.9 Å². The summed E-state index contributed by atoms with van der Waals surface area (Å²) >= 11 is 0.864. The minimum Gasteiger partial charge on any atom is -0.505 e. The zero-order valence-corrected chi connectivity index (χ0v) is 22.7. The van der Waals surface area contributed by atoms with Crippen LogP contribution in [0.1, 0.15) is 43.4 Å². The van der Waals surface area contributed by atoms with Gasteiger partial charge in [0.25, 0.3) is 5.91 Å². The molecule has 1 heterocycles. The molecule has 1 atom stereocenters. The van der Waals surface area contributed by atoms with Gasteiger partial charge in [-0.1, -0.05) is 37.6 Å². The van der Waals surface area contributed by atoms with Crippen LogP contribution in [0.5, 0.6) is 0 Å². The molecule has 0 bridgehead atoms. The van der Waals surface area contributed by atoms with Gasteiger partial charge in [-0.15, -0.1) is 0 Å². The van der Waals surface area contributed by atoms with Gasteiger partial charge in [0, 0.05) is 28.6 Å². The van der Waals surface area contributed by atoms with Gasteiger partial charge in [-0.2, -0.15) is 4.83 Å². The first-order valence-corrected chi connectivity index (χ1v) is 14.2. The van der Waals surface area contributed by atoms with Gasteiger partial charge < -0.3 is 15.3 Å². The van der Waals surface area contributed by atoms with Gasteiger partial charge in [0.15, 0.2) is 11.3 Å². The third-order valence-corrected chi connectivity index (χ3v) is 7.74. The third kappa shape index (κ3) is 4.42. The van der Waals surface area contributed by atoms with Crippen molar-refractivity contribution < 1.29 is 38.2 Å². The van der Waals surface area contributed by atoms with Crippen molar-refractivity contribution in [1.29, 1.82) is 0 Å². The van der Waals surface area contributed by atoms with Gasteiger partial charge in [-0.3, -0.25) is 19.1 Å². The number of nitrogens with zero attached hydrogens (tertiary/aromatic N) is 2. The molecular formula is C24H28N4O8S2. The van der Waals surface area contributed by atoms with E-state index in [-0.39, 0.29) is 28.1 Å². The normalized spacial score (nSPS) is 20.6. The van der Waals surface area contributed by atoms with Crippen LogP contribution < -0.4 is 9.55 Å². The van der Waals surface area contributed by atoms with Crippen LogP contribution in [0.3, 0.4) is 0 Å². The lowest BCUT2D eigenvalue weighted by molar-refractivity contribution is -0.276. The second-order valence-electron chi connectivity index (χ2n) is 8.93. The van der Waals surface area contributed by atoms with Crippen molar-refractivity contribution in [2.45, 2.75) is 43.0 Å². The van der Waals surface area contributed by atoms with E-state index in [0.29, 0.717) is 12.0 Å². The predicted octanol–water partition coefficient (Wildman–Crippen LogP) is 1.90. The first kappa shape index (κ1) is 27.9. The van der Waals surface area contributed by atoms with Crippen LogP contribution in [-0.2, 0) is 35.9 Å². The summed E-state index contributed by atoms with van der Waals surface area (Å²) in [7, 11) is -2.33. The van der Waals surface area contributed by atoms with Gasteiger partial charge in [0.2, 0.25) is 21.7 Å². The highest BCUT2D eigenvalue weighted by Gasteiger charge is 2.57. The molecule has 1 amide bonds. The molecule has 38 heavy (non-hydrogen) atoms. The number of hydrogen-bond donors (Lipinski definition) is 5. The largest absolute Gasteiger partial charge is 0.505 e. The number of carbonyl (C=O) groups is 2. The van der Waals surface area contributed by atoms with E-state index in [1.165, 1.54) is 32.2 Å². The first-order chi connectivity index (χ1) is 17.8. The molecule has 0 fully saturated rings. The summed E-state index contributed by atoms with van der Waals surface area (Å²) in [6.07, 6.45) is 1.53. The second kappa shape index (κ2) is 9.87. The molecule has 2 aromatic carbocycles. The standard InChI is InChI=1S/C24H28N4O8S2/c1-5-12-23(28(36-3)14(2)29)17-9-7-6-8-16(17)21(30)20(22(23)31)27-24(32,33)18-11-10-15(25-38(4,34)35)13-19(18)37-26-27/h6-11,13,25-26,30,32-33H,5,12H2,1-4H3. The van der Waals surface area contributed by atoms with Crippen LogP contribution in [-0.4, -0.2) is 58.9 Å². The number of hydroxylamine groups is 2. The summed E-state index contributed by atoms with van der Waals surface area (Å²) < 4.78 is 25.6. The second-order valence-corrected chi connectivity index (χ2v) is 11.5. The Kier molecular flexibility index (Phi) is 7.24. The number of carbonyl (C=O) groups excluding carboxylic acids is 2. The minimum absolute atomic E-state index is 0.0801. The third-order valence-electron chi connectivity index (χ3n) is 6.30. The molecule has 0 saturated heterocycles. The fraction of sp³-hybridized carbons (Fsp3) is 0.333. The maximum absolute atomic E-state index is 14.3. The highest BCUT2D eigenvalue weighted by Crippen LogP contribution is 2.49. The van der Waals surface area contributed by atoms with Crippen molar-refractivity contribution in [2.75, 3.05) is 18.1 Å². The van der Waals surface area contributed by atoms with Crippen LogP contribution in [0.15, 0.2) is 53.1 Å². The number of amides is 1. The predicted molar refractivity (Wildman–Crippen MR) is 139 cm³/mol. The molecule has 5 N–H and O–H groups in total. The zero-order valence-electron chi connectivity index (χ0n) is 21.0. The van der Waals surface area contributed by atoms with Crippen molar-refractivity contribution in [1.82, 2.24) is 14.9 Å². The molecule has 1 unspecified atom stereocenters. The van der Waals surface area contributed by atoms with Gasteiger partial charge in [-0.05, 0) is 42.1 Å². The van der Waals surface area contributed by atoms with Gasteiger partial charge in [0.05, 0.1) is 13.4 Å². The van der Waals surface area contributed by atoms with E-state index in [1.807, 2.05) is 6.92 Å². The molecule has 1 aliphatic heterocycles. The topological polar surface area (TPSA) is 169 Å². The van der Waals surface area contributed by atoms with Crippen molar-refractivity contribution in [3.63, 3.8) is 0 Å². The molecule has 0 aromatic heterocycles. The van der Waals surface area contributed by atoms with E-state index >= 15 is 0 Å². The maximum Gasteiger partial charge on any atom is 0.291 e. The number of sulfonamides is 1. The Balaban J connectivity index is 1.90. The number of ketones is 1. The maximum atomic E-state index is 14.3. The molecule has 2 aliphatic rings. The molecule has 2 aromatic rings. The number of hydrogen-bond acceptors (Lipinski definition) is 11. The smallest absolute Gasteiger partial charge is 0.291 e.